The highest BCUT2D eigenvalue weighted by Crippen LogP contribution is 2.25. The van der Waals surface area contributed by atoms with Gasteiger partial charge in [0.1, 0.15) is 11.6 Å². The van der Waals surface area contributed by atoms with Gasteiger partial charge in [-0.3, -0.25) is 14.2 Å². The molecule has 4 aromatic rings. The van der Waals surface area contributed by atoms with E-state index >= 15 is 0 Å². The van der Waals surface area contributed by atoms with E-state index < -0.39 is 47.7 Å². The quantitative estimate of drug-likeness (QED) is 0.251. The molecular formula is C33H35N3O7. The monoisotopic (exact) mass is 585 g/mol. The molecule has 0 unspecified atom stereocenters. The number of aliphatic hydroxyl groups excluding tert-OH is 1. The van der Waals surface area contributed by atoms with Crippen LogP contribution in [0.25, 0.3) is 10.9 Å². The predicted molar refractivity (Wildman–Crippen MR) is 160 cm³/mol. The first-order valence-corrected chi connectivity index (χ1v) is 13.8. The van der Waals surface area contributed by atoms with Crippen molar-refractivity contribution in [1.29, 1.82) is 0 Å². The molecule has 0 bridgehead atoms. The molecule has 3 atom stereocenters. The molecule has 10 heteroatoms. The molecule has 1 heterocycles. The lowest BCUT2D eigenvalue weighted by molar-refractivity contribution is -0.146. The summed E-state index contributed by atoms with van der Waals surface area (Å²) in [7, 11) is 1.19. The zero-order valence-electron chi connectivity index (χ0n) is 24.4. The zero-order chi connectivity index (χ0) is 31.1. The van der Waals surface area contributed by atoms with E-state index in [9.17, 15) is 24.3 Å². The van der Waals surface area contributed by atoms with E-state index in [1.165, 1.54) is 11.7 Å². The number of fused-ring (bicyclic) bond motifs is 1. The second-order valence-corrected chi connectivity index (χ2v) is 11.0. The molecular weight excluding hydrogens is 550 g/mol. The number of nitrogens with one attached hydrogen (secondary N) is 2. The van der Waals surface area contributed by atoms with Crippen molar-refractivity contribution in [2.24, 2.45) is 0 Å². The first-order chi connectivity index (χ1) is 20.5. The Morgan fingerprint density at radius 3 is 2.09 bits per heavy atom. The van der Waals surface area contributed by atoms with Crippen LogP contribution in [0.1, 0.15) is 48.3 Å². The Kier molecular flexibility index (Phi) is 9.62. The number of ether oxygens (including phenoxy) is 2. The summed E-state index contributed by atoms with van der Waals surface area (Å²) in [5.74, 6) is -2.13. The molecule has 3 aromatic carbocycles. The zero-order valence-corrected chi connectivity index (χ0v) is 24.4. The van der Waals surface area contributed by atoms with E-state index in [0.717, 1.165) is 0 Å². The highest BCUT2D eigenvalue weighted by atomic mass is 16.6. The number of carbonyl (C=O) groups excluding carboxylic acids is 4. The van der Waals surface area contributed by atoms with Gasteiger partial charge in [-0.15, -0.1) is 0 Å². The van der Waals surface area contributed by atoms with Gasteiger partial charge in [0, 0.05) is 23.6 Å². The van der Waals surface area contributed by atoms with Crippen LogP contribution < -0.4 is 10.6 Å². The van der Waals surface area contributed by atoms with Crippen molar-refractivity contribution >= 4 is 34.8 Å². The van der Waals surface area contributed by atoms with E-state index in [1.807, 2.05) is 0 Å². The second kappa shape index (κ2) is 13.3. The minimum Gasteiger partial charge on any atom is -0.467 e. The van der Waals surface area contributed by atoms with Crippen molar-refractivity contribution in [2.75, 3.05) is 7.11 Å². The number of hydrogen-bond acceptors (Lipinski definition) is 7. The number of carbonyl (C=O) groups is 4. The van der Waals surface area contributed by atoms with E-state index in [0.29, 0.717) is 27.6 Å². The normalized spacial score (nSPS) is 13.4. The molecule has 43 heavy (non-hydrogen) atoms. The summed E-state index contributed by atoms with van der Waals surface area (Å²) in [6, 6.07) is 21.7. The Hall–Kier alpha value is -4.96. The van der Waals surface area contributed by atoms with Crippen LogP contribution in [-0.2, 0) is 25.5 Å². The SMILES string of the molecule is COC(=O)[C@@H](Cc1cn(C(=O)OC(C)(C)C)c2ccccc12)NC(=O)[C@H](O)[C@@H](NC(=O)c1ccccc1)c1ccccc1. The maximum atomic E-state index is 13.4. The van der Waals surface area contributed by atoms with Gasteiger partial charge in [-0.1, -0.05) is 66.7 Å². The fourth-order valence-electron chi connectivity index (χ4n) is 4.66. The number of rotatable bonds is 9. The van der Waals surface area contributed by atoms with Crippen molar-refractivity contribution in [3.05, 3.63) is 108 Å². The standard InChI is InChI=1S/C33H35N3O7/c1-33(2,3)43-32(41)36-20-23(24-17-11-12-18-26(24)36)19-25(31(40)42-4)34-30(39)28(37)27(21-13-7-5-8-14-21)35-29(38)22-15-9-6-10-16-22/h5-18,20,25,27-28,37H,19H2,1-4H3,(H,34,39)(H,35,38)/t25-,27+,28-/m1/s1. The number of amides is 2. The lowest BCUT2D eigenvalue weighted by atomic mass is 9.99. The number of aliphatic hydroxyl groups is 1. The van der Waals surface area contributed by atoms with Crippen LogP contribution >= 0.6 is 0 Å². The minimum absolute atomic E-state index is 0.0478. The predicted octanol–water partition coefficient (Wildman–Crippen LogP) is 4.16. The topological polar surface area (TPSA) is 136 Å². The molecule has 0 aliphatic rings. The lowest BCUT2D eigenvalue weighted by Crippen LogP contribution is -2.51. The van der Waals surface area contributed by atoms with Crippen molar-refractivity contribution in [3.63, 3.8) is 0 Å². The Morgan fingerprint density at radius 2 is 1.47 bits per heavy atom. The van der Waals surface area contributed by atoms with Gasteiger partial charge in [-0.05, 0) is 50.1 Å². The van der Waals surface area contributed by atoms with Crippen molar-refractivity contribution in [3.8, 4) is 0 Å². The smallest absolute Gasteiger partial charge is 0.419 e. The summed E-state index contributed by atoms with van der Waals surface area (Å²) >= 11 is 0. The Morgan fingerprint density at radius 1 is 0.860 bits per heavy atom. The van der Waals surface area contributed by atoms with Gasteiger partial charge in [-0.2, -0.15) is 0 Å². The average molecular weight is 586 g/mol. The minimum atomic E-state index is -1.76. The number of benzene rings is 3. The fraction of sp³-hybridized carbons (Fsp3) is 0.273. The molecule has 0 radical (unpaired) electrons. The summed E-state index contributed by atoms with van der Waals surface area (Å²) < 4.78 is 11.9. The molecule has 3 N–H and O–H groups in total. The molecule has 2 amide bonds. The van der Waals surface area contributed by atoms with Crippen LogP contribution in [-0.4, -0.2) is 58.4 Å². The largest absolute Gasteiger partial charge is 0.467 e. The van der Waals surface area contributed by atoms with Crippen LogP contribution in [0.15, 0.2) is 91.1 Å². The van der Waals surface area contributed by atoms with E-state index in [-0.39, 0.29) is 6.42 Å². The first kappa shape index (κ1) is 31.0. The molecule has 0 saturated carbocycles. The molecule has 0 spiro atoms. The summed E-state index contributed by atoms with van der Waals surface area (Å²) in [6.07, 6.45) is -0.841. The average Bonchev–Trinajstić information content (AvgIpc) is 3.37. The summed E-state index contributed by atoms with van der Waals surface area (Å²) in [5.41, 5.74) is 1.25. The molecule has 0 aliphatic heterocycles. The van der Waals surface area contributed by atoms with Gasteiger partial charge >= 0.3 is 12.1 Å². The molecule has 0 saturated heterocycles. The number of methoxy groups -OCH3 is 1. The van der Waals surface area contributed by atoms with Gasteiger partial charge in [0.15, 0.2) is 6.10 Å². The molecule has 4 rings (SSSR count). The number of para-hydroxylation sites is 1. The fourth-order valence-corrected chi connectivity index (χ4v) is 4.66. The van der Waals surface area contributed by atoms with Gasteiger partial charge < -0.3 is 25.2 Å². The lowest BCUT2D eigenvalue weighted by Gasteiger charge is -2.26. The van der Waals surface area contributed by atoms with Crippen LogP contribution in [0.4, 0.5) is 4.79 Å². The highest BCUT2D eigenvalue weighted by Gasteiger charge is 2.33. The third-order valence-electron chi connectivity index (χ3n) is 6.68. The number of esters is 1. The number of aromatic nitrogens is 1. The third kappa shape index (κ3) is 7.66. The van der Waals surface area contributed by atoms with Crippen molar-refractivity contribution in [2.45, 2.75) is 51.0 Å². The van der Waals surface area contributed by atoms with E-state index in [1.54, 1.807) is 112 Å². The van der Waals surface area contributed by atoms with Gasteiger partial charge in [0.05, 0.1) is 18.7 Å². The third-order valence-corrected chi connectivity index (χ3v) is 6.68. The molecule has 10 nitrogen and oxygen atoms in total. The maximum Gasteiger partial charge on any atom is 0.419 e. The molecule has 0 fully saturated rings. The highest BCUT2D eigenvalue weighted by molar-refractivity contribution is 5.96. The molecule has 1 aromatic heterocycles. The second-order valence-electron chi connectivity index (χ2n) is 11.0. The van der Waals surface area contributed by atoms with E-state index in [4.69, 9.17) is 9.47 Å². The van der Waals surface area contributed by atoms with Crippen molar-refractivity contribution < 1.29 is 33.8 Å². The van der Waals surface area contributed by atoms with Crippen LogP contribution in [0.3, 0.4) is 0 Å². The Labute approximate surface area is 249 Å². The van der Waals surface area contributed by atoms with Crippen LogP contribution in [0.2, 0.25) is 0 Å². The molecule has 224 valence electrons. The van der Waals surface area contributed by atoms with E-state index in [2.05, 4.69) is 10.6 Å². The van der Waals surface area contributed by atoms with Crippen molar-refractivity contribution in [1.82, 2.24) is 15.2 Å². The van der Waals surface area contributed by atoms with Gasteiger partial charge in [0.25, 0.3) is 11.8 Å². The Bertz CT molecular complexity index is 1590. The van der Waals surface area contributed by atoms with Gasteiger partial charge in [0.2, 0.25) is 0 Å². The first-order valence-electron chi connectivity index (χ1n) is 13.8. The summed E-state index contributed by atoms with van der Waals surface area (Å²) in [6.45, 7) is 5.28. The molecule has 0 aliphatic carbocycles. The Balaban J connectivity index is 1.60. The number of nitrogens with zero attached hydrogens (tertiary/aromatic N) is 1. The van der Waals surface area contributed by atoms with Crippen LogP contribution in [0.5, 0.6) is 0 Å². The summed E-state index contributed by atoms with van der Waals surface area (Å²) in [5, 5.41) is 17.2. The summed E-state index contributed by atoms with van der Waals surface area (Å²) in [4.78, 5) is 52.2. The van der Waals surface area contributed by atoms with Gasteiger partial charge in [-0.25, -0.2) is 9.59 Å². The van der Waals surface area contributed by atoms with Crippen LogP contribution in [0, 0.1) is 0 Å². The maximum absolute atomic E-state index is 13.4. The number of hydrogen-bond donors (Lipinski definition) is 3.